The summed E-state index contributed by atoms with van der Waals surface area (Å²) < 4.78 is 15.9. The minimum atomic E-state index is -0.894. The summed E-state index contributed by atoms with van der Waals surface area (Å²) in [5.74, 6) is 0. The number of carbonyl (C=O) groups is 2. The van der Waals surface area contributed by atoms with E-state index in [-0.39, 0.29) is 13.2 Å². The molecule has 8 heteroatoms. The molecule has 3 rings (SSSR count). The van der Waals surface area contributed by atoms with Crippen molar-refractivity contribution in [3.05, 3.63) is 59.7 Å². The Kier molecular flexibility index (Phi) is 8.41. The molecular weight excluding hydrogens is 430 g/mol. The molecule has 0 atom stereocenters. The van der Waals surface area contributed by atoms with Crippen LogP contribution in [0.15, 0.2) is 58.3 Å². The fourth-order valence-electron chi connectivity index (χ4n) is 3.59. The van der Waals surface area contributed by atoms with Crippen LogP contribution in [0.1, 0.15) is 37.8 Å². The van der Waals surface area contributed by atoms with Crippen molar-refractivity contribution in [3.8, 4) is 0 Å². The topological polar surface area (TPSA) is 74.3 Å². The van der Waals surface area contributed by atoms with Gasteiger partial charge >= 0.3 is 12.3 Å². The summed E-state index contributed by atoms with van der Waals surface area (Å²) in [6.45, 7) is 6.77. The summed E-state index contributed by atoms with van der Waals surface area (Å²) in [7, 11) is 0. The van der Waals surface area contributed by atoms with Gasteiger partial charge in [-0.3, -0.25) is 0 Å². The second kappa shape index (κ2) is 11.2. The minimum absolute atomic E-state index is 0.229. The standard InChI is InChI=1S/C24H29NO6S/c1-4-28-22(26)30-24(14-16-25(17-15-24)31-23(27)29-5-2)20-8-6-7-9-21(20)32-19-12-10-18(3)11-13-19/h6-13H,4-5,14-17H2,1-3H3. The zero-order valence-electron chi connectivity index (χ0n) is 18.7. The van der Waals surface area contributed by atoms with E-state index < -0.39 is 17.9 Å². The van der Waals surface area contributed by atoms with E-state index in [2.05, 4.69) is 31.2 Å². The Labute approximate surface area is 192 Å². The molecule has 0 aromatic heterocycles. The summed E-state index contributed by atoms with van der Waals surface area (Å²) in [6, 6.07) is 16.2. The number of aryl methyl sites for hydroxylation is 1. The Morgan fingerprint density at radius 2 is 1.56 bits per heavy atom. The lowest BCUT2D eigenvalue weighted by molar-refractivity contribution is -0.173. The molecular formula is C24H29NO6S. The molecule has 0 N–H and O–H groups in total. The predicted octanol–water partition coefficient (Wildman–Crippen LogP) is 5.70. The molecule has 1 saturated heterocycles. The number of nitrogens with zero attached hydrogens (tertiary/aromatic N) is 1. The van der Waals surface area contributed by atoms with Crippen LogP contribution in [0.5, 0.6) is 0 Å². The van der Waals surface area contributed by atoms with Crippen LogP contribution in [0.4, 0.5) is 9.59 Å². The molecule has 2 aromatic carbocycles. The fraction of sp³-hybridized carbons (Fsp3) is 0.417. The van der Waals surface area contributed by atoms with Crippen LogP contribution in [0, 0.1) is 6.92 Å². The lowest BCUT2D eigenvalue weighted by Gasteiger charge is -2.40. The van der Waals surface area contributed by atoms with Gasteiger partial charge in [-0.15, -0.1) is 5.06 Å². The number of benzene rings is 2. The third-order valence-corrected chi connectivity index (χ3v) is 6.25. The van der Waals surface area contributed by atoms with E-state index in [0.29, 0.717) is 25.9 Å². The number of rotatable bonds is 7. The minimum Gasteiger partial charge on any atom is -0.435 e. The quantitative estimate of drug-likeness (QED) is 0.488. The van der Waals surface area contributed by atoms with Gasteiger partial charge in [0.2, 0.25) is 0 Å². The monoisotopic (exact) mass is 459 g/mol. The van der Waals surface area contributed by atoms with Crippen molar-refractivity contribution >= 4 is 24.1 Å². The fourth-order valence-corrected chi connectivity index (χ4v) is 4.62. The SMILES string of the molecule is CCOC(=O)ON1CCC(OC(=O)OCC)(c2ccccc2Sc2ccc(C)cc2)CC1. The van der Waals surface area contributed by atoms with Crippen LogP contribution in [0.25, 0.3) is 0 Å². The van der Waals surface area contributed by atoms with Crippen LogP contribution in [0.2, 0.25) is 0 Å². The zero-order valence-corrected chi connectivity index (χ0v) is 19.5. The molecule has 7 nitrogen and oxygen atoms in total. The second-order valence-electron chi connectivity index (χ2n) is 7.39. The first-order chi connectivity index (χ1) is 15.5. The molecule has 2 aromatic rings. The molecule has 32 heavy (non-hydrogen) atoms. The number of piperidine rings is 1. The van der Waals surface area contributed by atoms with Crippen molar-refractivity contribution in [2.45, 2.75) is 49.0 Å². The summed E-state index contributed by atoms with van der Waals surface area (Å²) >= 11 is 1.62. The van der Waals surface area contributed by atoms with Crippen LogP contribution in [-0.4, -0.2) is 43.7 Å². The average Bonchev–Trinajstić information content (AvgIpc) is 2.77. The lowest BCUT2D eigenvalue weighted by Crippen LogP contribution is -2.46. The summed E-state index contributed by atoms with van der Waals surface area (Å²) in [6.07, 6.45) is -0.558. The highest BCUT2D eigenvalue weighted by molar-refractivity contribution is 7.99. The number of hydroxylamine groups is 2. The Morgan fingerprint density at radius 1 is 0.938 bits per heavy atom. The van der Waals surface area contributed by atoms with Crippen molar-refractivity contribution in [2.75, 3.05) is 26.3 Å². The number of hydrogen-bond acceptors (Lipinski definition) is 8. The molecule has 0 bridgehead atoms. The van der Waals surface area contributed by atoms with E-state index in [0.717, 1.165) is 15.4 Å². The predicted molar refractivity (Wildman–Crippen MR) is 120 cm³/mol. The Morgan fingerprint density at radius 3 is 2.22 bits per heavy atom. The molecule has 1 fully saturated rings. The number of carbonyl (C=O) groups excluding carboxylic acids is 2. The first kappa shape index (κ1) is 23.9. The smallest absolute Gasteiger partial charge is 0.435 e. The van der Waals surface area contributed by atoms with Crippen LogP contribution in [0.3, 0.4) is 0 Å². The maximum atomic E-state index is 12.4. The van der Waals surface area contributed by atoms with Gasteiger partial charge in [-0.25, -0.2) is 9.59 Å². The van der Waals surface area contributed by atoms with Crippen molar-refractivity contribution in [2.24, 2.45) is 0 Å². The van der Waals surface area contributed by atoms with Gasteiger partial charge < -0.3 is 19.0 Å². The van der Waals surface area contributed by atoms with E-state index in [1.807, 2.05) is 24.3 Å². The van der Waals surface area contributed by atoms with Crippen molar-refractivity contribution in [1.29, 1.82) is 0 Å². The van der Waals surface area contributed by atoms with Crippen LogP contribution < -0.4 is 0 Å². The Balaban J connectivity index is 1.86. The lowest BCUT2D eigenvalue weighted by atomic mass is 9.84. The van der Waals surface area contributed by atoms with Crippen molar-refractivity contribution in [3.63, 3.8) is 0 Å². The highest BCUT2D eigenvalue weighted by Crippen LogP contribution is 2.43. The van der Waals surface area contributed by atoms with E-state index >= 15 is 0 Å². The average molecular weight is 460 g/mol. The molecule has 1 aliphatic heterocycles. The van der Waals surface area contributed by atoms with Crippen LogP contribution >= 0.6 is 11.8 Å². The van der Waals surface area contributed by atoms with Gasteiger partial charge in [0, 0.05) is 41.3 Å². The molecule has 172 valence electrons. The maximum absolute atomic E-state index is 12.4. The van der Waals surface area contributed by atoms with Gasteiger partial charge in [-0.05, 0) is 39.0 Å². The first-order valence-corrected chi connectivity index (χ1v) is 11.6. The third kappa shape index (κ3) is 6.17. The first-order valence-electron chi connectivity index (χ1n) is 10.7. The third-order valence-electron chi connectivity index (χ3n) is 5.16. The van der Waals surface area contributed by atoms with E-state index in [4.69, 9.17) is 19.0 Å². The van der Waals surface area contributed by atoms with Crippen molar-refractivity contribution in [1.82, 2.24) is 5.06 Å². The highest BCUT2D eigenvalue weighted by atomic mass is 32.2. The zero-order chi connectivity index (χ0) is 23.0. The Bertz CT molecular complexity index is 909. The highest BCUT2D eigenvalue weighted by Gasteiger charge is 2.43. The molecule has 1 heterocycles. The van der Waals surface area contributed by atoms with Crippen LogP contribution in [-0.2, 0) is 24.6 Å². The molecule has 0 radical (unpaired) electrons. The van der Waals surface area contributed by atoms with Gasteiger partial charge in [-0.1, -0.05) is 47.7 Å². The van der Waals surface area contributed by atoms with Gasteiger partial charge in [0.05, 0.1) is 13.2 Å². The normalized spacial score (nSPS) is 15.6. The van der Waals surface area contributed by atoms with E-state index in [1.165, 1.54) is 5.56 Å². The van der Waals surface area contributed by atoms with Gasteiger partial charge in [-0.2, -0.15) is 0 Å². The van der Waals surface area contributed by atoms with E-state index in [1.54, 1.807) is 30.7 Å². The van der Waals surface area contributed by atoms with Gasteiger partial charge in [0.25, 0.3) is 0 Å². The Hall–Kier alpha value is -2.71. The van der Waals surface area contributed by atoms with Gasteiger partial charge in [0.15, 0.2) is 0 Å². The van der Waals surface area contributed by atoms with Gasteiger partial charge in [0.1, 0.15) is 5.60 Å². The number of hydrogen-bond donors (Lipinski definition) is 0. The summed E-state index contributed by atoms with van der Waals surface area (Å²) in [4.78, 5) is 31.4. The molecule has 0 amide bonds. The maximum Gasteiger partial charge on any atom is 0.527 e. The van der Waals surface area contributed by atoms with E-state index in [9.17, 15) is 9.59 Å². The summed E-state index contributed by atoms with van der Waals surface area (Å²) in [5.41, 5.74) is 1.21. The van der Waals surface area contributed by atoms with Crippen molar-refractivity contribution < 1.29 is 28.6 Å². The largest absolute Gasteiger partial charge is 0.527 e. The molecule has 0 spiro atoms. The second-order valence-corrected chi connectivity index (χ2v) is 8.51. The molecule has 0 aliphatic carbocycles. The number of ether oxygens (including phenoxy) is 3. The summed E-state index contributed by atoms with van der Waals surface area (Å²) in [5, 5.41) is 1.54. The molecule has 0 unspecified atom stereocenters. The molecule has 0 saturated carbocycles. The molecule has 1 aliphatic rings.